The van der Waals surface area contributed by atoms with Crippen molar-refractivity contribution in [2.75, 3.05) is 0 Å². The third-order valence-corrected chi connectivity index (χ3v) is 2.74. The molecule has 6 heteroatoms. The summed E-state index contributed by atoms with van der Waals surface area (Å²) in [6.45, 7) is 3.38. The van der Waals surface area contributed by atoms with Crippen molar-refractivity contribution in [3.63, 3.8) is 0 Å². The highest BCUT2D eigenvalue weighted by Crippen LogP contribution is 2.17. The second-order valence-electron chi connectivity index (χ2n) is 4.19. The topological polar surface area (TPSA) is 92.4 Å². The molecule has 2 aromatic heterocycles. The summed E-state index contributed by atoms with van der Waals surface area (Å²) in [5.41, 5.74) is 1.05. The van der Waals surface area contributed by atoms with Crippen LogP contribution in [0.3, 0.4) is 0 Å². The summed E-state index contributed by atoms with van der Waals surface area (Å²) in [5, 5.41) is 18.3. The average Bonchev–Trinajstić information content (AvgIpc) is 2.29. The molecule has 0 amide bonds. The summed E-state index contributed by atoms with van der Waals surface area (Å²) < 4.78 is 1.34. The van der Waals surface area contributed by atoms with Gasteiger partial charge in [0.2, 0.25) is 0 Å². The van der Waals surface area contributed by atoms with Gasteiger partial charge in [-0.05, 0) is 31.5 Å². The Balaban J connectivity index is 2.75. The Kier molecular flexibility index (Phi) is 3.08. The minimum atomic E-state index is -1.16. The number of hydrogen-bond acceptors (Lipinski definition) is 4. The van der Waals surface area contributed by atoms with E-state index in [1.807, 2.05) is 0 Å². The lowest BCUT2D eigenvalue weighted by Crippen LogP contribution is -2.20. The van der Waals surface area contributed by atoms with Crippen LogP contribution in [-0.2, 0) is 0 Å². The van der Waals surface area contributed by atoms with E-state index in [2.05, 4.69) is 4.98 Å². The maximum Gasteiger partial charge on any atom is 0.354 e. The molecule has 0 bridgehead atoms. The van der Waals surface area contributed by atoms with Crippen LogP contribution in [0.5, 0.6) is 5.75 Å². The lowest BCUT2D eigenvalue weighted by atomic mass is 10.2. The van der Waals surface area contributed by atoms with E-state index >= 15 is 0 Å². The average molecular weight is 260 g/mol. The Morgan fingerprint density at radius 1 is 1.26 bits per heavy atom. The van der Waals surface area contributed by atoms with E-state index in [4.69, 9.17) is 5.11 Å². The molecule has 6 nitrogen and oxygen atoms in total. The van der Waals surface area contributed by atoms with Crippen molar-refractivity contribution in [2.24, 2.45) is 0 Å². The first kappa shape index (κ1) is 12.8. The molecule has 0 unspecified atom stereocenters. The van der Waals surface area contributed by atoms with E-state index in [9.17, 15) is 14.7 Å². The van der Waals surface area contributed by atoms with Crippen LogP contribution in [0.1, 0.15) is 21.7 Å². The molecule has 2 rings (SSSR count). The van der Waals surface area contributed by atoms with E-state index in [0.717, 1.165) is 6.07 Å². The molecule has 0 aromatic carbocycles. The normalized spacial score (nSPS) is 10.4. The minimum absolute atomic E-state index is 0.121. The van der Waals surface area contributed by atoms with Gasteiger partial charge in [0.15, 0.2) is 0 Å². The van der Waals surface area contributed by atoms with Gasteiger partial charge in [-0.2, -0.15) is 0 Å². The number of aryl methyl sites for hydroxylation is 2. The molecule has 0 aliphatic carbocycles. The molecule has 2 aromatic rings. The molecule has 0 aliphatic heterocycles. The van der Waals surface area contributed by atoms with Crippen molar-refractivity contribution in [1.29, 1.82) is 0 Å². The fraction of sp³-hybridized carbons (Fsp3) is 0.154. The van der Waals surface area contributed by atoms with Gasteiger partial charge in [-0.25, -0.2) is 9.78 Å². The molecule has 2 heterocycles. The highest BCUT2D eigenvalue weighted by Gasteiger charge is 2.12. The number of aromatic carboxylic acids is 1. The maximum absolute atomic E-state index is 11.9. The summed E-state index contributed by atoms with van der Waals surface area (Å²) in [4.78, 5) is 26.6. The van der Waals surface area contributed by atoms with Crippen LogP contribution in [0.2, 0.25) is 0 Å². The number of aromatic hydroxyl groups is 1. The summed E-state index contributed by atoms with van der Waals surface area (Å²) in [6.07, 6.45) is 1.40. The molecular formula is C13H12N2O4. The Hall–Kier alpha value is -2.63. The van der Waals surface area contributed by atoms with E-state index in [-0.39, 0.29) is 11.4 Å². The van der Waals surface area contributed by atoms with Crippen molar-refractivity contribution < 1.29 is 15.0 Å². The SMILES string of the molecule is Cc1cnc(C(=O)O)cc1-n1c(C)cc(O)cc1=O. The van der Waals surface area contributed by atoms with Gasteiger partial charge in [0.25, 0.3) is 5.56 Å². The van der Waals surface area contributed by atoms with Crippen molar-refractivity contribution in [3.8, 4) is 11.4 Å². The molecule has 0 atom stereocenters. The molecule has 0 spiro atoms. The fourth-order valence-electron chi connectivity index (χ4n) is 1.86. The predicted octanol–water partition coefficient (Wildman–Crippen LogP) is 1.25. The molecule has 2 N–H and O–H groups in total. The van der Waals surface area contributed by atoms with Crippen LogP contribution >= 0.6 is 0 Å². The van der Waals surface area contributed by atoms with E-state index in [1.54, 1.807) is 13.8 Å². The van der Waals surface area contributed by atoms with Crippen LogP contribution in [0, 0.1) is 13.8 Å². The number of carboxylic acid groups (broad SMARTS) is 1. The second kappa shape index (κ2) is 4.56. The number of nitrogens with zero attached hydrogens (tertiary/aromatic N) is 2. The van der Waals surface area contributed by atoms with Crippen LogP contribution in [0.25, 0.3) is 5.69 Å². The first-order chi connectivity index (χ1) is 8.90. The third-order valence-electron chi connectivity index (χ3n) is 2.74. The quantitative estimate of drug-likeness (QED) is 0.847. The molecule has 0 aliphatic rings. The van der Waals surface area contributed by atoms with Gasteiger partial charge >= 0.3 is 5.97 Å². The molecule has 0 saturated heterocycles. The Bertz CT molecular complexity index is 719. The Morgan fingerprint density at radius 3 is 2.53 bits per heavy atom. The fourth-order valence-corrected chi connectivity index (χ4v) is 1.86. The summed E-state index contributed by atoms with van der Waals surface area (Å²) in [5.74, 6) is -1.28. The van der Waals surface area contributed by atoms with Gasteiger partial charge in [-0.3, -0.25) is 9.36 Å². The number of rotatable bonds is 2. The first-order valence-corrected chi connectivity index (χ1v) is 5.53. The molecule has 0 fully saturated rings. The van der Waals surface area contributed by atoms with Crippen LogP contribution in [-0.4, -0.2) is 25.7 Å². The van der Waals surface area contributed by atoms with E-state index in [0.29, 0.717) is 16.9 Å². The van der Waals surface area contributed by atoms with E-state index < -0.39 is 11.5 Å². The molecule has 98 valence electrons. The van der Waals surface area contributed by atoms with Crippen molar-refractivity contribution >= 4 is 5.97 Å². The first-order valence-electron chi connectivity index (χ1n) is 5.53. The zero-order valence-electron chi connectivity index (χ0n) is 10.4. The zero-order chi connectivity index (χ0) is 14.2. The standard InChI is InChI=1S/C13H12N2O4/c1-7-6-14-10(13(18)19)5-11(7)15-8(2)3-9(16)4-12(15)17/h3-6,16H,1-2H3,(H,18,19). The Labute approximate surface area is 108 Å². The monoisotopic (exact) mass is 260 g/mol. The van der Waals surface area contributed by atoms with Gasteiger partial charge in [0.1, 0.15) is 11.4 Å². The van der Waals surface area contributed by atoms with Gasteiger partial charge in [0, 0.05) is 18.0 Å². The second-order valence-corrected chi connectivity index (χ2v) is 4.19. The zero-order valence-corrected chi connectivity index (χ0v) is 10.4. The van der Waals surface area contributed by atoms with Gasteiger partial charge in [-0.15, -0.1) is 0 Å². The number of pyridine rings is 2. The minimum Gasteiger partial charge on any atom is -0.508 e. The smallest absolute Gasteiger partial charge is 0.354 e. The highest BCUT2D eigenvalue weighted by atomic mass is 16.4. The molecule has 0 saturated carbocycles. The van der Waals surface area contributed by atoms with Crippen LogP contribution < -0.4 is 5.56 Å². The molecular weight excluding hydrogens is 248 g/mol. The number of aromatic nitrogens is 2. The van der Waals surface area contributed by atoms with Gasteiger partial charge < -0.3 is 10.2 Å². The largest absolute Gasteiger partial charge is 0.508 e. The number of hydrogen-bond donors (Lipinski definition) is 2. The predicted molar refractivity (Wildman–Crippen MR) is 67.9 cm³/mol. The van der Waals surface area contributed by atoms with Gasteiger partial charge in [-0.1, -0.05) is 0 Å². The van der Waals surface area contributed by atoms with Crippen LogP contribution in [0.4, 0.5) is 0 Å². The van der Waals surface area contributed by atoms with Gasteiger partial charge in [0.05, 0.1) is 5.69 Å². The summed E-state index contributed by atoms with van der Waals surface area (Å²) in [7, 11) is 0. The van der Waals surface area contributed by atoms with E-state index in [1.165, 1.54) is 22.9 Å². The van der Waals surface area contributed by atoms with Crippen molar-refractivity contribution in [3.05, 3.63) is 51.7 Å². The third kappa shape index (κ3) is 2.33. The van der Waals surface area contributed by atoms with Crippen LogP contribution in [0.15, 0.2) is 29.2 Å². The Morgan fingerprint density at radius 2 is 1.95 bits per heavy atom. The number of carboxylic acids is 1. The maximum atomic E-state index is 11.9. The summed E-state index contributed by atoms with van der Waals surface area (Å²) >= 11 is 0. The number of carbonyl (C=O) groups is 1. The van der Waals surface area contributed by atoms with Crippen molar-refractivity contribution in [2.45, 2.75) is 13.8 Å². The summed E-state index contributed by atoms with van der Waals surface area (Å²) in [6, 6.07) is 3.85. The lowest BCUT2D eigenvalue weighted by Gasteiger charge is -2.13. The molecule has 19 heavy (non-hydrogen) atoms. The molecule has 0 radical (unpaired) electrons. The highest BCUT2D eigenvalue weighted by molar-refractivity contribution is 5.86. The lowest BCUT2D eigenvalue weighted by molar-refractivity contribution is 0.0690. The van der Waals surface area contributed by atoms with Crippen molar-refractivity contribution in [1.82, 2.24) is 9.55 Å².